The highest BCUT2D eigenvalue weighted by Gasteiger charge is 2.48. The van der Waals surface area contributed by atoms with Crippen molar-refractivity contribution in [1.82, 2.24) is 9.80 Å². The van der Waals surface area contributed by atoms with Crippen LogP contribution in [0.15, 0.2) is 59.1 Å². The molecule has 0 spiro atoms. The minimum absolute atomic E-state index is 0.250. The average molecular weight is 458 g/mol. The molecule has 0 amide bonds. The molecule has 0 radical (unpaired) electrons. The molecule has 2 aliphatic rings. The summed E-state index contributed by atoms with van der Waals surface area (Å²) in [5.74, 6) is 0. The first-order valence-corrected chi connectivity index (χ1v) is 11.1. The highest BCUT2D eigenvalue weighted by Crippen LogP contribution is 2.45. The van der Waals surface area contributed by atoms with Gasteiger partial charge in [-0.2, -0.15) is 0 Å². The Hall–Kier alpha value is -1.43. The molecule has 1 N–H and O–H groups in total. The van der Waals surface area contributed by atoms with Crippen molar-refractivity contribution in [3.8, 4) is 0 Å². The number of rotatable bonds is 3. The minimum Gasteiger partial charge on any atom is -0.348 e. The summed E-state index contributed by atoms with van der Waals surface area (Å²) in [7, 11) is 0. The quantitative estimate of drug-likeness (QED) is 0.623. The molecule has 2 aliphatic heterocycles. The smallest absolute Gasteiger partial charge is 0.173 e. The third-order valence-electron chi connectivity index (χ3n) is 5.82. The number of thiocarbonyl (C=S) groups is 1. The van der Waals surface area contributed by atoms with E-state index in [4.69, 9.17) is 12.2 Å². The molecule has 2 fully saturated rings. The van der Waals surface area contributed by atoms with Crippen molar-refractivity contribution in [2.45, 2.75) is 26.8 Å². The second kappa shape index (κ2) is 7.77. The zero-order chi connectivity index (χ0) is 19.8. The fourth-order valence-corrected chi connectivity index (χ4v) is 6.03. The van der Waals surface area contributed by atoms with Gasteiger partial charge in [0.25, 0.3) is 0 Å². The lowest BCUT2D eigenvalue weighted by molar-refractivity contribution is -0.0553. The van der Waals surface area contributed by atoms with Gasteiger partial charge in [0.15, 0.2) is 5.11 Å². The number of piperidine rings is 2. The lowest BCUT2D eigenvalue weighted by Gasteiger charge is -2.57. The maximum atomic E-state index is 5.78. The second-order valence-corrected chi connectivity index (χ2v) is 10.5. The van der Waals surface area contributed by atoms with E-state index in [-0.39, 0.29) is 10.8 Å². The highest BCUT2D eigenvalue weighted by atomic mass is 79.9. The molecule has 2 heterocycles. The van der Waals surface area contributed by atoms with Gasteiger partial charge >= 0.3 is 0 Å². The van der Waals surface area contributed by atoms with E-state index in [9.17, 15) is 0 Å². The van der Waals surface area contributed by atoms with Crippen LogP contribution in [0, 0.1) is 10.8 Å². The predicted molar refractivity (Wildman–Crippen MR) is 124 cm³/mol. The zero-order valence-corrected chi connectivity index (χ0v) is 19.0. The summed E-state index contributed by atoms with van der Waals surface area (Å²) in [4.78, 5) is 5.03. The van der Waals surface area contributed by atoms with Gasteiger partial charge in [0.05, 0.1) is 0 Å². The Labute approximate surface area is 182 Å². The van der Waals surface area contributed by atoms with Crippen LogP contribution in [-0.2, 0) is 6.54 Å². The molecule has 3 nitrogen and oxygen atoms in total. The zero-order valence-electron chi connectivity index (χ0n) is 16.6. The number of benzene rings is 2. The van der Waals surface area contributed by atoms with Crippen molar-refractivity contribution in [1.29, 1.82) is 0 Å². The Morgan fingerprint density at radius 2 is 1.68 bits per heavy atom. The maximum Gasteiger partial charge on any atom is 0.173 e. The molecule has 0 aliphatic carbocycles. The van der Waals surface area contributed by atoms with Crippen LogP contribution in [0.5, 0.6) is 0 Å². The number of likely N-dealkylation sites (tertiary alicyclic amines) is 2. The Bertz CT molecular complexity index is 838. The van der Waals surface area contributed by atoms with Crippen molar-refractivity contribution in [3.05, 3.63) is 64.6 Å². The van der Waals surface area contributed by atoms with E-state index in [0.717, 1.165) is 48.0 Å². The Morgan fingerprint density at radius 1 is 1.00 bits per heavy atom. The standard InChI is InChI=1S/C23H28BrN3S/c1-22-13-23(2,15-26(14-22)12-18-7-6-8-19(24)11-18)17-27(16-22)21(28)25-20-9-4-3-5-10-20/h3-11H,12-17H2,1-2H3,(H,25,28). The minimum atomic E-state index is 0.250. The van der Waals surface area contributed by atoms with Gasteiger partial charge in [0.1, 0.15) is 0 Å². The number of hydrogen-bond donors (Lipinski definition) is 1. The monoisotopic (exact) mass is 457 g/mol. The number of anilines is 1. The summed E-state index contributed by atoms with van der Waals surface area (Å²) in [6, 6.07) is 18.9. The summed E-state index contributed by atoms with van der Waals surface area (Å²) in [6.45, 7) is 10.1. The maximum absolute atomic E-state index is 5.78. The number of para-hydroxylation sites is 1. The van der Waals surface area contributed by atoms with E-state index in [0.29, 0.717) is 0 Å². The molecule has 2 saturated heterocycles. The van der Waals surface area contributed by atoms with Gasteiger partial charge in [0.2, 0.25) is 0 Å². The lowest BCUT2D eigenvalue weighted by Crippen LogP contribution is -2.63. The van der Waals surface area contributed by atoms with E-state index in [1.54, 1.807) is 0 Å². The molecular weight excluding hydrogens is 430 g/mol. The summed E-state index contributed by atoms with van der Waals surface area (Å²) < 4.78 is 1.16. The number of fused-ring (bicyclic) bond motifs is 2. The van der Waals surface area contributed by atoms with E-state index in [1.165, 1.54) is 12.0 Å². The topological polar surface area (TPSA) is 18.5 Å². The summed E-state index contributed by atoms with van der Waals surface area (Å²) >= 11 is 9.38. The van der Waals surface area contributed by atoms with Gasteiger partial charge in [-0.1, -0.05) is 60.1 Å². The fourth-order valence-electron chi connectivity index (χ4n) is 5.34. The molecule has 2 bridgehead atoms. The summed E-state index contributed by atoms with van der Waals surface area (Å²) in [5, 5.41) is 4.28. The molecule has 4 rings (SSSR count). The average Bonchev–Trinajstić information content (AvgIpc) is 2.60. The van der Waals surface area contributed by atoms with Gasteiger partial charge in [0, 0.05) is 42.9 Å². The fraction of sp³-hybridized carbons (Fsp3) is 0.435. The number of halogens is 1. The van der Waals surface area contributed by atoms with Crippen molar-refractivity contribution < 1.29 is 0 Å². The molecule has 2 aromatic rings. The van der Waals surface area contributed by atoms with E-state index in [2.05, 4.69) is 81.3 Å². The lowest BCUT2D eigenvalue weighted by atomic mass is 9.65. The van der Waals surface area contributed by atoms with Gasteiger partial charge in [-0.25, -0.2) is 0 Å². The third kappa shape index (κ3) is 4.58. The van der Waals surface area contributed by atoms with Crippen LogP contribution < -0.4 is 5.32 Å². The summed E-state index contributed by atoms with van der Waals surface area (Å²) in [5.41, 5.74) is 2.94. The van der Waals surface area contributed by atoms with Crippen LogP contribution in [0.1, 0.15) is 25.8 Å². The van der Waals surface area contributed by atoms with Crippen LogP contribution >= 0.6 is 28.1 Å². The second-order valence-electron chi connectivity index (χ2n) is 9.23. The first-order valence-electron chi connectivity index (χ1n) is 9.90. The van der Waals surface area contributed by atoms with Crippen LogP contribution in [0.3, 0.4) is 0 Å². The Kier molecular flexibility index (Phi) is 5.51. The van der Waals surface area contributed by atoms with Crippen LogP contribution in [0.2, 0.25) is 0 Å². The van der Waals surface area contributed by atoms with Crippen molar-refractivity contribution in [2.24, 2.45) is 10.8 Å². The largest absolute Gasteiger partial charge is 0.348 e. The predicted octanol–water partition coefficient (Wildman–Crippen LogP) is 5.38. The van der Waals surface area contributed by atoms with Gasteiger partial charge in [-0.05, 0) is 59.3 Å². The number of hydrogen-bond acceptors (Lipinski definition) is 2. The first kappa shape index (κ1) is 19.9. The Balaban J connectivity index is 1.46. The first-order chi connectivity index (χ1) is 13.3. The normalized spacial score (nSPS) is 27.5. The Morgan fingerprint density at radius 3 is 2.32 bits per heavy atom. The molecule has 2 atom stereocenters. The SMILES string of the molecule is CC12CN(Cc3cccc(Br)c3)CC(C)(CN(C(=S)Nc3ccccc3)C1)C2. The summed E-state index contributed by atoms with van der Waals surface area (Å²) in [6.07, 6.45) is 1.26. The van der Waals surface area contributed by atoms with Crippen molar-refractivity contribution in [2.75, 3.05) is 31.5 Å². The number of nitrogens with one attached hydrogen (secondary N) is 1. The van der Waals surface area contributed by atoms with E-state index >= 15 is 0 Å². The van der Waals surface area contributed by atoms with E-state index in [1.807, 2.05) is 18.2 Å². The number of nitrogens with zero attached hydrogens (tertiary/aromatic N) is 2. The van der Waals surface area contributed by atoms with Crippen LogP contribution in [0.25, 0.3) is 0 Å². The van der Waals surface area contributed by atoms with Crippen molar-refractivity contribution in [3.63, 3.8) is 0 Å². The molecule has 5 heteroatoms. The van der Waals surface area contributed by atoms with Crippen LogP contribution in [-0.4, -0.2) is 41.1 Å². The molecule has 2 aromatic carbocycles. The van der Waals surface area contributed by atoms with Gasteiger partial charge in [-0.15, -0.1) is 0 Å². The van der Waals surface area contributed by atoms with Crippen molar-refractivity contribution >= 4 is 38.9 Å². The molecular formula is C23H28BrN3S. The third-order valence-corrected chi connectivity index (χ3v) is 6.67. The molecule has 2 unspecified atom stereocenters. The van der Waals surface area contributed by atoms with Gasteiger partial charge < -0.3 is 10.2 Å². The van der Waals surface area contributed by atoms with Gasteiger partial charge in [-0.3, -0.25) is 4.90 Å². The van der Waals surface area contributed by atoms with E-state index < -0.39 is 0 Å². The van der Waals surface area contributed by atoms with Crippen LogP contribution in [0.4, 0.5) is 5.69 Å². The molecule has 0 saturated carbocycles. The molecule has 28 heavy (non-hydrogen) atoms. The highest BCUT2D eigenvalue weighted by molar-refractivity contribution is 9.10. The molecule has 0 aromatic heterocycles. The molecule has 148 valence electrons.